The summed E-state index contributed by atoms with van der Waals surface area (Å²) >= 11 is 5.13. The lowest BCUT2D eigenvalue weighted by Gasteiger charge is -2.13. The topological polar surface area (TPSA) is 26.3 Å². The summed E-state index contributed by atoms with van der Waals surface area (Å²) in [5.74, 6) is -5.73. The number of hydrogen-bond acceptors (Lipinski definition) is 2. The van der Waals surface area contributed by atoms with E-state index >= 15 is 0 Å². The van der Waals surface area contributed by atoms with Gasteiger partial charge in [0.2, 0.25) is 0 Å². The molecule has 1 aromatic carbocycles. The molecule has 1 aliphatic carbocycles. The maximum Gasteiger partial charge on any atom is 0.422 e. The van der Waals surface area contributed by atoms with Crippen molar-refractivity contribution < 1.29 is 35.9 Å². The molecule has 0 heterocycles. The van der Waals surface area contributed by atoms with Crippen molar-refractivity contribution >= 4 is 17.6 Å². The van der Waals surface area contributed by atoms with Gasteiger partial charge in [-0.3, -0.25) is 4.79 Å². The van der Waals surface area contributed by atoms with Gasteiger partial charge in [0, 0.05) is 11.5 Å². The highest BCUT2D eigenvalue weighted by atomic mass is 35.5. The highest BCUT2D eigenvalue weighted by Crippen LogP contribution is 2.60. The van der Waals surface area contributed by atoms with Crippen LogP contribution in [0.3, 0.4) is 0 Å². The maximum atomic E-state index is 13.9. The van der Waals surface area contributed by atoms with E-state index in [-0.39, 0.29) is 0 Å². The number of allylic oxidation sites excluding steroid dienone is 1. The summed E-state index contributed by atoms with van der Waals surface area (Å²) in [5.41, 5.74) is -3.31. The van der Waals surface area contributed by atoms with Gasteiger partial charge in [-0.15, -0.1) is 0 Å². The average molecular weight is 387 g/mol. The molecule has 1 fully saturated rings. The van der Waals surface area contributed by atoms with Gasteiger partial charge < -0.3 is 4.74 Å². The van der Waals surface area contributed by atoms with Crippen LogP contribution in [0.25, 0.3) is 0 Å². The molecule has 0 N–H and O–H groups in total. The first kappa shape index (κ1) is 19.6. The summed E-state index contributed by atoms with van der Waals surface area (Å²) in [5, 5.41) is -0.993. The molecular weight excluding hydrogens is 374 g/mol. The minimum atomic E-state index is -5.22. The first-order valence-electron chi connectivity index (χ1n) is 7.11. The van der Waals surface area contributed by atoms with Crippen LogP contribution >= 0.6 is 11.6 Å². The molecule has 1 aliphatic rings. The zero-order valence-corrected chi connectivity index (χ0v) is 13.8. The monoisotopic (exact) mass is 386 g/mol. The Hall–Kier alpha value is -1.70. The molecule has 0 bridgehead atoms. The van der Waals surface area contributed by atoms with Crippen molar-refractivity contribution in [3.8, 4) is 0 Å². The summed E-state index contributed by atoms with van der Waals surface area (Å²) in [4.78, 5) is 12.0. The largest absolute Gasteiger partial charge is 0.460 e. The van der Waals surface area contributed by atoms with E-state index in [0.29, 0.717) is 6.07 Å². The molecule has 2 atom stereocenters. The van der Waals surface area contributed by atoms with Crippen molar-refractivity contribution in [3.05, 3.63) is 46.3 Å². The summed E-state index contributed by atoms with van der Waals surface area (Å²) in [6, 6.07) is 1.21. The molecule has 0 saturated heterocycles. The standard InChI is InChI=1S/C16H13ClF6O2/c1-15(2)8(5-10(17)19)11(15)14(24)25-6-7-3-4-9(18)12(13(7)20)16(21,22)23/h3-5,8,11H,6H2,1-2H3/b10-5-. The van der Waals surface area contributed by atoms with Gasteiger partial charge in [-0.1, -0.05) is 25.4 Å². The van der Waals surface area contributed by atoms with Crippen LogP contribution in [0.15, 0.2) is 23.5 Å². The third kappa shape index (κ3) is 3.94. The molecule has 0 radical (unpaired) electrons. The Labute approximate surface area is 144 Å². The molecule has 0 amide bonds. The highest BCUT2D eigenvalue weighted by Gasteiger charge is 2.61. The van der Waals surface area contributed by atoms with E-state index in [2.05, 4.69) is 0 Å². The van der Waals surface area contributed by atoms with Gasteiger partial charge in [-0.05, 0) is 23.6 Å². The normalized spacial score (nSPS) is 22.7. The number of ether oxygens (including phenoxy) is 1. The minimum absolute atomic E-state index is 0.449. The number of alkyl halides is 3. The Bertz CT molecular complexity index is 722. The van der Waals surface area contributed by atoms with Crippen molar-refractivity contribution in [2.45, 2.75) is 26.6 Å². The Balaban J connectivity index is 2.13. The fourth-order valence-corrected chi connectivity index (χ4v) is 2.92. The van der Waals surface area contributed by atoms with Crippen molar-refractivity contribution in [1.29, 1.82) is 0 Å². The van der Waals surface area contributed by atoms with E-state index in [1.807, 2.05) is 0 Å². The molecule has 138 valence electrons. The molecule has 2 unspecified atom stereocenters. The number of carbonyl (C=O) groups excluding carboxylic acids is 1. The van der Waals surface area contributed by atoms with Crippen molar-refractivity contribution in [2.24, 2.45) is 17.3 Å². The van der Waals surface area contributed by atoms with Crippen LogP contribution in [0.4, 0.5) is 26.3 Å². The number of esters is 1. The number of hydrogen-bond donors (Lipinski definition) is 0. The summed E-state index contributed by atoms with van der Waals surface area (Å²) in [6.07, 6.45) is -4.19. The van der Waals surface area contributed by atoms with Gasteiger partial charge in [-0.2, -0.15) is 17.6 Å². The smallest absolute Gasteiger partial charge is 0.422 e. The van der Waals surface area contributed by atoms with Gasteiger partial charge in [0.25, 0.3) is 0 Å². The molecule has 0 aliphatic heterocycles. The van der Waals surface area contributed by atoms with Crippen LogP contribution in [-0.2, 0) is 22.3 Å². The predicted octanol–water partition coefficient (Wildman–Crippen LogP) is 5.35. The van der Waals surface area contributed by atoms with Crippen molar-refractivity contribution in [1.82, 2.24) is 0 Å². The lowest BCUT2D eigenvalue weighted by molar-refractivity contribution is -0.147. The third-order valence-corrected chi connectivity index (χ3v) is 4.42. The zero-order chi connectivity index (χ0) is 19.2. The van der Waals surface area contributed by atoms with E-state index in [9.17, 15) is 31.1 Å². The lowest BCUT2D eigenvalue weighted by Crippen LogP contribution is -2.15. The summed E-state index contributed by atoms with van der Waals surface area (Å²) in [7, 11) is 0. The van der Waals surface area contributed by atoms with Crippen LogP contribution in [0.1, 0.15) is 25.0 Å². The highest BCUT2D eigenvalue weighted by molar-refractivity contribution is 6.28. The fourth-order valence-electron chi connectivity index (χ4n) is 2.78. The van der Waals surface area contributed by atoms with Crippen LogP contribution in [-0.4, -0.2) is 5.97 Å². The fraction of sp³-hybridized carbons (Fsp3) is 0.438. The molecule has 0 aromatic heterocycles. The molecular formula is C16H13ClF6O2. The van der Waals surface area contributed by atoms with Crippen LogP contribution < -0.4 is 0 Å². The lowest BCUT2D eigenvalue weighted by atomic mass is 10.1. The van der Waals surface area contributed by atoms with Gasteiger partial charge in [0.1, 0.15) is 23.8 Å². The van der Waals surface area contributed by atoms with E-state index in [1.54, 1.807) is 13.8 Å². The number of benzene rings is 1. The van der Waals surface area contributed by atoms with E-state index in [0.717, 1.165) is 12.1 Å². The Morgan fingerprint density at radius 2 is 1.92 bits per heavy atom. The predicted molar refractivity (Wildman–Crippen MR) is 77.0 cm³/mol. The minimum Gasteiger partial charge on any atom is -0.460 e. The van der Waals surface area contributed by atoms with Gasteiger partial charge >= 0.3 is 12.1 Å². The van der Waals surface area contributed by atoms with Crippen molar-refractivity contribution in [3.63, 3.8) is 0 Å². The Morgan fingerprint density at radius 1 is 1.32 bits per heavy atom. The van der Waals surface area contributed by atoms with Crippen LogP contribution in [0, 0.1) is 28.9 Å². The summed E-state index contributed by atoms with van der Waals surface area (Å²) in [6.45, 7) is 2.50. The number of carbonyl (C=O) groups is 1. The average Bonchev–Trinajstić information content (AvgIpc) is 2.96. The molecule has 1 saturated carbocycles. The molecule has 2 rings (SSSR count). The van der Waals surface area contributed by atoms with Crippen LogP contribution in [0.2, 0.25) is 0 Å². The molecule has 0 spiro atoms. The Kier molecular flexibility index (Phi) is 5.14. The van der Waals surface area contributed by atoms with E-state index in [1.165, 1.54) is 0 Å². The number of rotatable bonds is 4. The van der Waals surface area contributed by atoms with Crippen LogP contribution in [0.5, 0.6) is 0 Å². The number of halogens is 7. The van der Waals surface area contributed by atoms with E-state index < -0.39 is 64.1 Å². The quantitative estimate of drug-likeness (QED) is 0.515. The van der Waals surface area contributed by atoms with Gasteiger partial charge in [-0.25, -0.2) is 8.78 Å². The second-order valence-electron chi connectivity index (χ2n) is 6.28. The van der Waals surface area contributed by atoms with E-state index in [4.69, 9.17) is 16.3 Å². The first-order valence-corrected chi connectivity index (χ1v) is 7.48. The second-order valence-corrected chi connectivity index (χ2v) is 6.64. The zero-order valence-electron chi connectivity index (χ0n) is 13.1. The van der Waals surface area contributed by atoms with Crippen molar-refractivity contribution in [2.75, 3.05) is 0 Å². The second kappa shape index (κ2) is 6.55. The molecule has 9 heteroatoms. The molecule has 1 aromatic rings. The third-order valence-electron chi connectivity index (χ3n) is 4.29. The molecule has 25 heavy (non-hydrogen) atoms. The molecule has 2 nitrogen and oxygen atoms in total. The maximum absolute atomic E-state index is 13.9. The first-order chi connectivity index (χ1) is 11.4. The Morgan fingerprint density at radius 3 is 2.44 bits per heavy atom. The SMILES string of the molecule is CC1(C)C(/C=C(\F)Cl)C1C(=O)OCc1ccc(F)c(C(F)(F)F)c1F. The summed E-state index contributed by atoms with van der Waals surface area (Å²) < 4.78 is 82.6. The van der Waals surface area contributed by atoms with Gasteiger partial charge in [0.05, 0.1) is 5.92 Å². The van der Waals surface area contributed by atoms with Gasteiger partial charge in [0.15, 0.2) is 5.29 Å².